The third kappa shape index (κ3) is 3.51. The van der Waals surface area contributed by atoms with E-state index in [1.165, 1.54) is 12.1 Å². The zero-order valence-electron chi connectivity index (χ0n) is 12.9. The Morgan fingerprint density at radius 2 is 1.88 bits per heavy atom. The Morgan fingerprint density at radius 3 is 2.58 bits per heavy atom. The van der Waals surface area contributed by atoms with Crippen LogP contribution in [0.2, 0.25) is 0 Å². The van der Waals surface area contributed by atoms with Gasteiger partial charge in [0, 0.05) is 10.0 Å². The van der Waals surface area contributed by atoms with E-state index in [9.17, 15) is 9.18 Å². The number of hydrogen-bond donors (Lipinski definition) is 1. The number of rotatable bonds is 3. The zero-order chi connectivity index (χ0) is 17.1. The van der Waals surface area contributed by atoms with Gasteiger partial charge in [-0.05, 0) is 43.3 Å². The largest absolute Gasteiger partial charge is 0.319 e. The smallest absolute Gasteiger partial charge is 0.257 e. The zero-order valence-corrected chi connectivity index (χ0v) is 14.5. The summed E-state index contributed by atoms with van der Waals surface area (Å²) >= 11 is 3.43. The molecule has 0 unspecified atom stereocenters. The van der Waals surface area contributed by atoms with Gasteiger partial charge in [-0.15, -0.1) is 0 Å². The van der Waals surface area contributed by atoms with Crippen molar-refractivity contribution in [3.63, 3.8) is 0 Å². The minimum atomic E-state index is -0.470. The van der Waals surface area contributed by atoms with E-state index in [2.05, 4.69) is 26.2 Å². The van der Waals surface area contributed by atoms with Gasteiger partial charge < -0.3 is 5.32 Å². The third-order valence-corrected chi connectivity index (χ3v) is 4.07. The standard InChI is InChI=1S/C19H14BrFN2O/c1-12-15(19(24)23-18-8-3-2-7-16(18)21)9-10-17(22-12)13-5-4-6-14(20)11-13/h2-11H,1H3,(H,23,24). The summed E-state index contributed by atoms with van der Waals surface area (Å²) in [6.07, 6.45) is 0. The minimum absolute atomic E-state index is 0.151. The molecule has 120 valence electrons. The number of nitrogens with zero attached hydrogens (tertiary/aromatic N) is 1. The Morgan fingerprint density at radius 1 is 1.08 bits per heavy atom. The summed E-state index contributed by atoms with van der Waals surface area (Å²) in [5, 5.41) is 2.57. The summed E-state index contributed by atoms with van der Waals surface area (Å²) in [4.78, 5) is 16.9. The molecule has 0 saturated heterocycles. The Balaban J connectivity index is 1.87. The van der Waals surface area contributed by atoms with E-state index in [1.54, 1.807) is 31.2 Å². The van der Waals surface area contributed by atoms with Crippen LogP contribution in [-0.4, -0.2) is 10.9 Å². The maximum atomic E-state index is 13.7. The molecule has 0 aliphatic rings. The van der Waals surface area contributed by atoms with Crippen molar-refractivity contribution in [1.29, 1.82) is 0 Å². The highest BCUT2D eigenvalue weighted by Crippen LogP contribution is 2.23. The predicted octanol–water partition coefficient (Wildman–Crippen LogP) is 5.21. The van der Waals surface area contributed by atoms with E-state index < -0.39 is 5.82 Å². The fourth-order valence-electron chi connectivity index (χ4n) is 2.36. The molecule has 1 N–H and O–H groups in total. The van der Waals surface area contributed by atoms with Gasteiger partial charge in [-0.3, -0.25) is 9.78 Å². The number of hydrogen-bond acceptors (Lipinski definition) is 2. The lowest BCUT2D eigenvalue weighted by molar-refractivity contribution is 0.102. The van der Waals surface area contributed by atoms with Crippen LogP contribution >= 0.6 is 15.9 Å². The van der Waals surface area contributed by atoms with Crippen molar-refractivity contribution in [3.05, 3.63) is 82.2 Å². The maximum Gasteiger partial charge on any atom is 0.257 e. The van der Waals surface area contributed by atoms with Crippen LogP contribution in [0.25, 0.3) is 11.3 Å². The van der Waals surface area contributed by atoms with Crippen LogP contribution in [0.5, 0.6) is 0 Å². The van der Waals surface area contributed by atoms with Crippen LogP contribution in [-0.2, 0) is 0 Å². The molecule has 0 aliphatic carbocycles. The topological polar surface area (TPSA) is 42.0 Å². The summed E-state index contributed by atoms with van der Waals surface area (Å²) < 4.78 is 14.6. The number of halogens is 2. The second kappa shape index (κ2) is 6.93. The quantitative estimate of drug-likeness (QED) is 0.673. The molecule has 0 saturated carbocycles. The van der Waals surface area contributed by atoms with Crippen LogP contribution in [0, 0.1) is 12.7 Å². The first-order chi connectivity index (χ1) is 11.5. The van der Waals surface area contributed by atoms with Crippen LogP contribution in [0.4, 0.5) is 10.1 Å². The average Bonchev–Trinajstić information content (AvgIpc) is 2.56. The molecule has 1 amide bonds. The molecule has 0 radical (unpaired) electrons. The summed E-state index contributed by atoms with van der Waals surface area (Å²) in [5.74, 6) is -0.854. The van der Waals surface area contributed by atoms with Crippen molar-refractivity contribution < 1.29 is 9.18 Å². The molecule has 0 aliphatic heterocycles. The molecule has 3 aromatic rings. The SMILES string of the molecule is Cc1nc(-c2cccc(Br)c2)ccc1C(=O)Nc1ccccc1F. The summed E-state index contributed by atoms with van der Waals surface area (Å²) in [6.45, 7) is 1.76. The second-order valence-electron chi connectivity index (χ2n) is 5.27. The molecular weight excluding hydrogens is 371 g/mol. The van der Waals surface area contributed by atoms with Gasteiger partial charge in [0.25, 0.3) is 5.91 Å². The molecule has 1 aromatic heterocycles. The number of aryl methyl sites for hydroxylation is 1. The number of pyridine rings is 1. The average molecular weight is 385 g/mol. The number of amides is 1. The number of anilines is 1. The van der Waals surface area contributed by atoms with E-state index >= 15 is 0 Å². The van der Waals surface area contributed by atoms with E-state index in [4.69, 9.17) is 0 Å². The van der Waals surface area contributed by atoms with Gasteiger partial charge in [0.05, 0.1) is 22.6 Å². The number of nitrogens with one attached hydrogen (secondary N) is 1. The first-order valence-electron chi connectivity index (χ1n) is 7.34. The third-order valence-electron chi connectivity index (χ3n) is 3.57. The molecular formula is C19H14BrFN2O. The lowest BCUT2D eigenvalue weighted by Crippen LogP contribution is -2.15. The lowest BCUT2D eigenvalue weighted by atomic mass is 10.1. The molecule has 3 nitrogen and oxygen atoms in total. The van der Waals surface area contributed by atoms with E-state index in [0.29, 0.717) is 11.3 Å². The van der Waals surface area contributed by atoms with Gasteiger partial charge >= 0.3 is 0 Å². The first kappa shape index (κ1) is 16.3. The van der Waals surface area contributed by atoms with Crippen molar-refractivity contribution >= 4 is 27.5 Å². The molecule has 24 heavy (non-hydrogen) atoms. The van der Waals surface area contributed by atoms with Gasteiger partial charge in [-0.2, -0.15) is 0 Å². The van der Waals surface area contributed by atoms with Gasteiger partial charge in [0.1, 0.15) is 5.82 Å². The molecule has 0 fully saturated rings. The van der Waals surface area contributed by atoms with Crippen LogP contribution in [0.1, 0.15) is 16.1 Å². The first-order valence-corrected chi connectivity index (χ1v) is 8.13. The lowest BCUT2D eigenvalue weighted by Gasteiger charge is -2.10. The maximum absolute atomic E-state index is 13.7. The number of aromatic nitrogens is 1. The molecule has 3 rings (SSSR count). The van der Waals surface area contributed by atoms with Crippen molar-refractivity contribution in [1.82, 2.24) is 4.98 Å². The van der Waals surface area contributed by atoms with E-state index in [0.717, 1.165) is 15.7 Å². The Kier molecular flexibility index (Phi) is 4.71. The molecule has 0 atom stereocenters. The Labute approximate surface area is 147 Å². The second-order valence-corrected chi connectivity index (χ2v) is 6.19. The van der Waals surface area contributed by atoms with Gasteiger partial charge in [-0.25, -0.2) is 4.39 Å². The van der Waals surface area contributed by atoms with Crippen molar-refractivity contribution in [3.8, 4) is 11.3 Å². The van der Waals surface area contributed by atoms with Crippen LogP contribution in [0.15, 0.2) is 65.1 Å². The van der Waals surface area contributed by atoms with Crippen molar-refractivity contribution in [2.75, 3.05) is 5.32 Å². The monoisotopic (exact) mass is 384 g/mol. The highest BCUT2D eigenvalue weighted by molar-refractivity contribution is 9.10. The molecule has 5 heteroatoms. The van der Waals surface area contributed by atoms with Gasteiger partial charge in [0.15, 0.2) is 0 Å². The van der Waals surface area contributed by atoms with Gasteiger partial charge in [-0.1, -0.05) is 40.2 Å². The van der Waals surface area contributed by atoms with Gasteiger partial charge in [0.2, 0.25) is 0 Å². The number of carbonyl (C=O) groups excluding carboxylic acids is 1. The molecule has 0 bridgehead atoms. The Hall–Kier alpha value is -2.53. The van der Waals surface area contributed by atoms with Crippen molar-refractivity contribution in [2.24, 2.45) is 0 Å². The van der Waals surface area contributed by atoms with E-state index in [-0.39, 0.29) is 11.6 Å². The molecule has 0 spiro atoms. The molecule has 1 heterocycles. The minimum Gasteiger partial charge on any atom is -0.319 e. The van der Waals surface area contributed by atoms with E-state index in [1.807, 2.05) is 24.3 Å². The number of carbonyl (C=O) groups is 1. The summed E-state index contributed by atoms with van der Waals surface area (Å²) in [5.41, 5.74) is 2.88. The predicted molar refractivity (Wildman–Crippen MR) is 96.5 cm³/mol. The van der Waals surface area contributed by atoms with Crippen LogP contribution < -0.4 is 5.32 Å². The number of para-hydroxylation sites is 1. The Bertz CT molecular complexity index is 911. The number of benzene rings is 2. The summed E-state index contributed by atoms with van der Waals surface area (Å²) in [6, 6.07) is 17.3. The molecule has 2 aromatic carbocycles. The normalized spacial score (nSPS) is 10.5. The van der Waals surface area contributed by atoms with Crippen molar-refractivity contribution in [2.45, 2.75) is 6.92 Å². The van der Waals surface area contributed by atoms with Crippen LogP contribution in [0.3, 0.4) is 0 Å². The highest BCUT2D eigenvalue weighted by atomic mass is 79.9. The highest BCUT2D eigenvalue weighted by Gasteiger charge is 2.13. The fraction of sp³-hybridized carbons (Fsp3) is 0.0526. The fourth-order valence-corrected chi connectivity index (χ4v) is 2.76. The summed E-state index contributed by atoms with van der Waals surface area (Å²) in [7, 11) is 0.